The van der Waals surface area contributed by atoms with E-state index in [0.717, 1.165) is 28.5 Å². The molecule has 67 heavy (non-hydrogen) atoms. The van der Waals surface area contributed by atoms with E-state index in [1.807, 2.05) is 73.0 Å². The third kappa shape index (κ3) is 8.44. The highest BCUT2D eigenvalue weighted by molar-refractivity contribution is 5.93. The van der Waals surface area contributed by atoms with Gasteiger partial charge in [-0.25, -0.2) is 28.3 Å². The summed E-state index contributed by atoms with van der Waals surface area (Å²) in [5.74, 6) is -0.334. The number of rotatable bonds is 11. The van der Waals surface area contributed by atoms with E-state index in [-0.39, 0.29) is 42.3 Å². The fourth-order valence-electron chi connectivity index (χ4n) is 9.60. The number of alkyl halides is 1. The van der Waals surface area contributed by atoms with Crippen molar-refractivity contribution in [2.45, 2.75) is 83.5 Å². The van der Waals surface area contributed by atoms with Crippen LogP contribution in [0.15, 0.2) is 79.1 Å². The zero-order valence-corrected chi connectivity index (χ0v) is 38.0. The number of aromatic nitrogens is 5. The van der Waals surface area contributed by atoms with Crippen LogP contribution in [0.2, 0.25) is 0 Å². The van der Waals surface area contributed by atoms with E-state index < -0.39 is 54.4 Å². The highest BCUT2D eigenvalue weighted by Crippen LogP contribution is 2.47. The standard InChI is InChI=1S/C49H53F2N9O7/c1-25(2)41(56-48(63)65-5)45(61)58-16-10-13-36(58)43-52-23-34(55-43)29-18-32(51)40-37-19-30-17-28(14-15-35(30)60(37)47(67-39(40)20-29)27-11-8-7-9-12-27)33-22-53-44(54-33)38-21-31(50)24-59(38)46(62)42(26(3)4)57-49(64)66-6/h7-9,11-12,14-15,17-20,22-23,25-26,31,36,38,41-42,47H,10,13,16,21,24H2,1-6H3,(H,52,55)(H,53,54)(H,56,63)(H,57,64)/t31-,36+,38+,41+,42+,47?/m1/s1. The molecule has 9 rings (SSSR count). The minimum atomic E-state index is -1.28. The molecule has 0 spiro atoms. The van der Waals surface area contributed by atoms with Gasteiger partial charge in [0.25, 0.3) is 0 Å². The largest absolute Gasteiger partial charge is 0.465 e. The van der Waals surface area contributed by atoms with E-state index in [9.17, 15) is 19.2 Å². The molecule has 0 saturated carbocycles. The molecule has 6 atom stereocenters. The number of likely N-dealkylation sites (tertiary alicyclic amines) is 2. The third-order valence-electron chi connectivity index (χ3n) is 13.0. The maximum atomic E-state index is 16.8. The average molecular weight is 918 g/mol. The van der Waals surface area contributed by atoms with Gasteiger partial charge in [-0.05, 0) is 55.0 Å². The van der Waals surface area contributed by atoms with Gasteiger partial charge in [0.1, 0.15) is 41.5 Å². The summed E-state index contributed by atoms with van der Waals surface area (Å²) in [5, 5.41) is 6.06. The molecule has 0 aliphatic carbocycles. The monoisotopic (exact) mass is 917 g/mol. The lowest BCUT2D eigenvalue weighted by Gasteiger charge is -2.31. The zero-order valence-electron chi connectivity index (χ0n) is 38.0. The molecule has 1 unspecified atom stereocenters. The number of imidazole rings is 2. The number of carbonyl (C=O) groups is 4. The lowest BCUT2D eigenvalue weighted by molar-refractivity contribution is -0.136. The molecule has 6 heterocycles. The van der Waals surface area contributed by atoms with Gasteiger partial charge in [-0.2, -0.15) is 0 Å². The lowest BCUT2D eigenvalue weighted by Crippen LogP contribution is -2.51. The highest BCUT2D eigenvalue weighted by atomic mass is 19.1. The molecule has 3 aromatic heterocycles. The predicted octanol–water partition coefficient (Wildman–Crippen LogP) is 8.20. The molecule has 0 radical (unpaired) electrons. The quantitative estimate of drug-likeness (QED) is 0.0993. The topological polar surface area (TPSA) is 189 Å². The Morgan fingerprint density at radius 1 is 0.791 bits per heavy atom. The number of amides is 4. The molecular formula is C49H53F2N9O7. The van der Waals surface area contributed by atoms with Crippen molar-refractivity contribution in [2.24, 2.45) is 11.8 Å². The van der Waals surface area contributed by atoms with Crippen LogP contribution in [0.4, 0.5) is 18.4 Å². The number of halogens is 2. The van der Waals surface area contributed by atoms with Crippen LogP contribution in [0, 0.1) is 17.7 Å². The predicted molar refractivity (Wildman–Crippen MR) is 244 cm³/mol. The average Bonchev–Trinajstić information content (AvgIpc) is 4.18. The Hall–Kier alpha value is -7.24. The molecule has 2 saturated heterocycles. The number of fused-ring (bicyclic) bond motifs is 5. The number of ether oxygens (including phenoxy) is 3. The van der Waals surface area contributed by atoms with Crippen molar-refractivity contribution >= 4 is 34.9 Å². The van der Waals surface area contributed by atoms with Crippen molar-refractivity contribution in [1.29, 1.82) is 0 Å². The molecule has 16 nitrogen and oxygen atoms in total. The molecular weight excluding hydrogens is 865 g/mol. The number of benzene rings is 3. The Bertz CT molecular complexity index is 2840. The number of hydrogen-bond acceptors (Lipinski definition) is 9. The Kier molecular flexibility index (Phi) is 12.2. The summed E-state index contributed by atoms with van der Waals surface area (Å²) in [5.41, 5.74) is 4.99. The van der Waals surface area contributed by atoms with E-state index in [0.29, 0.717) is 53.0 Å². The van der Waals surface area contributed by atoms with Gasteiger partial charge in [-0.15, -0.1) is 0 Å². The van der Waals surface area contributed by atoms with Crippen molar-refractivity contribution in [3.63, 3.8) is 0 Å². The van der Waals surface area contributed by atoms with Gasteiger partial charge in [0.2, 0.25) is 18.0 Å². The molecule has 18 heteroatoms. The second-order valence-electron chi connectivity index (χ2n) is 18.0. The van der Waals surface area contributed by atoms with Gasteiger partial charge in [0, 0.05) is 35.0 Å². The van der Waals surface area contributed by atoms with Crippen molar-refractivity contribution in [3.05, 3.63) is 102 Å². The van der Waals surface area contributed by atoms with Crippen LogP contribution >= 0.6 is 0 Å². The van der Waals surface area contributed by atoms with E-state index in [4.69, 9.17) is 14.2 Å². The number of aromatic amines is 2. The lowest BCUT2D eigenvalue weighted by atomic mass is 10.0. The van der Waals surface area contributed by atoms with Crippen LogP contribution in [-0.4, -0.2) is 104 Å². The van der Waals surface area contributed by atoms with E-state index >= 15 is 8.78 Å². The summed E-state index contributed by atoms with van der Waals surface area (Å²) in [6, 6.07) is 17.9. The first-order valence-electron chi connectivity index (χ1n) is 22.5. The smallest absolute Gasteiger partial charge is 0.407 e. The molecule has 3 aliphatic rings. The van der Waals surface area contributed by atoms with Gasteiger partial charge in [-0.3, -0.25) is 9.59 Å². The number of carbonyl (C=O) groups excluding carboxylic acids is 4. The van der Waals surface area contributed by atoms with Crippen LogP contribution < -0.4 is 15.4 Å². The van der Waals surface area contributed by atoms with Gasteiger partial charge < -0.3 is 49.2 Å². The van der Waals surface area contributed by atoms with Gasteiger partial charge in [0.15, 0.2) is 0 Å². The van der Waals surface area contributed by atoms with Gasteiger partial charge in [-0.1, -0.05) is 64.1 Å². The number of nitrogens with zero attached hydrogens (tertiary/aromatic N) is 5. The SMILES string of the molecule is COC(=O)N[C@H](C(=O)N1CCC[C@H]1c1ncc(-c2cc(F)c3c(c2)OC(c2ccccc2)n2c-3cc3cc(-c4cnc([C@@H]5C[C@@H](F)CN5C(=O)[C@@H](NC(=O)OC)C(C)C)[nH]4)ccc32)[nH]1)C(C)C. The first-order chi connectivity index (χ1) is 32.2. The highest BCUT2D eigenvalue weighted by Gasteiger charge is 2.42. The second-order valence-corrected chi connectivity index (χ2v) is 18.0. The summed E-state index contributed by atoms with van der Waals surface area (Å²) >= 11 is 0. The van der Waals surface area contributed by atoms with Crippen LogP contribution in [-0.2, 0) is 19.1 Å². The molecule has 2 fully saturated rings. The van der Waals surface area contributed by atoms with E-state index in [1.54, 1.807) is 37.2 Å². The van der Waals surface area contributed by atoms with Crippen molar-refractivity contribution in [1.82, 2.24) is 44.9 Å². The summed E-state index contributed by atoms with van der Waals surface area (Å²) in [7, 11) is 2.47. The molecule has 4 amide bonds. The third-order valence-corrected chi connectivity index (χ3v) is 13.0. The number of hydrogen-bond donors (Lipinski definition) is 4. The van der Waals surface area contributed by atoms with Crippen LogP contribution in [0.5, 0.6) is 5.75 Å². The number of nitrogens with one attached hydrogen (secondary N) is 4. The summed E-state index contributed by atoms with van der Waals surface area (Å²) in [4.78, 5) is 70.8. The zero-order chi connectivity index (χ0) is 47.3. The van der Waals surface area contributed by atoms with Crippen LogP contribution in [0.1, 0.15) is 82.5 Å². The van der Waals surface area contributed by atoms with E-state index in [1.165, 1.54) is 25.2 Å². The maximum Gasteiger partial charge on any atom is 0.407 e. The minimum Gasteiger partial charge on any atom is -0.465 e. The Labute approximate surface area is 385 Å². The number of H-pyrrole nitrogens is 2. The van der Waals surface area contributed by atoms with E-state index in [2.05, 4.69) is 30.6 Å². The molecule has 6 aromatic rings. The fourth-order valence-corrected chi connectivity index (χ4v) is 9.60. The second kappa shape index (κ2) is 18.2. The summed E-state index contributed by atoms with van der Waals surface area (Å²) in [6.45, 7) is 7.66. The van der Waals surface area contributed by atoms with Crippen LogP contribution in [0.25, 0.3) is 44.7 Å². The summed E-state index contributed by atoms with van der Waals surface area (Å²) in [6.07, 6.45) is 1.35. The molecule has 3 aromatic carbocycles. The molecule has 350 valence electrons. The van der Waals surface area contributed by atoms with Crippen molar-refractivity contribution in [2.75, 3.05) is 27.3 Å². The van der Waals surface area contributed by atoms with Crippen molar-refractivity contribution < 1.29 is 42.2 Å². The van der Waals surface area contributed by atoms with Gasteiger partial charge in [0.05, 0.1) is 73.4 Å². The molecule has 4 N–H and O–H groups in total. The Balaban J connectivity index is 1.02. The Morgan fingerprint density at radius 2 is 1.42 bits per heavy atom. The molecule has 3 aliphatic heterocycles. The first-order valence-corrected chi connectivity index (χ1v) is 22.5. The minimum absolute atomic E-state index is 0.0404. The fraction of sp³-hybridized carbons (Fsp3) is 0.388. The summed E-state index contributed by atoms with van der Waals surface area (Å²) < 4.78 is 50.1. The molecule has 0 bridgehead atoms. The van der Waals surface area contributed by atoms with Crippen molar-refractivity contribution in [3.8, 4) is 39.5 Å². The first kappa shape index (κ1) is 44.9. The Morgan fingerprint density at radius 3 is 2.06 bits per heavy atom. The number of alkyl carbamates (subject to hydrolysis) is 2. The van der Waals surface area contributed by atoms with Crippen LogP contribution in [0.3, 0.4) is 0 Å². The van der Waals surface area contributed by atoms with Gasteiger partial charge >= 0.3 is 12.2 Å². The normalized spacial score (nSPS) is 19.8. The number of methoxy groups -OCH3 is 2. The maximum absolute atomic E-state index is 16.8.